The first kappa shape index (κ1) is 13.5. The Labute approximate surface area is 112 Å². The molecule has 8 nitrogen and oxygen atoms in total. The van der Waals surface area contributed by atoms with Crippen molar-refractivity contribution in [1.29, 1.82) is 0 Å². The van der Waals surface area contributed by atoms with Gasteiger partial charge in [-0.1, -0.05) is 0 Å². The van der Waals surface area contributed by atoms with Crippen molar-refractivity contribution in [1.82, 2.24) is 20.3 Å². The number of carboxylic acids is 1. The summed E-state index contributed by atoms with van der Waals surface area (Å²) in [7, 11) is 0. The molecule has 0 aromatic carbocycles. The van der Waals surface area contributed by atoms with Crippen molar-refractivity contribution in [3.05, 3.63) is 52.5 Å². The topological polar surface area (TPSA) is 128 Å². The zero-order valence-corrected chi connectivity index (χ0v) is 10.3. The molecular weight excluding hydrogens is 264 g/mol. The van der Waals surface area contributed by atoms with E-state index in [4.69, 9.17) is 5.11 Å². The summed E-state index contributed by atoms with van der Waals surface area (Å²) in [5.41, 5.74) is -0.0463. The minimum absolute atomic E-state index is 0.0474. The van der Waals surface area contributed by atoms with Crippen molar-refractivity contribution in [2.75, 3.05) is 0 Å². The Bertz CT molecular complexity index is 662. The quantitative estimate of drug-likeness (QED) is 0.586. The largest absolute Gasteiger partial charge is 0.480 e. The van der Waals surface area contributed by atoms with Gasteiger partial charge in [0.2, 0.25) is 0 Å². The summed E-state index contributed by atoms with van der Waals surface area (Å²) in [5, 5.41) is 11.4. The van der Waals surface area contributed by atoms with E-state index in [1.54, 1.807) is 0 Å². The van der Waals surface area contributed by atoms with Crippen LogP contribution in [0.1, 0.15) is 16.1 Å². The van der Waals surface area contributed by atoms with Crippen LogP contribution in [0, 0.1) is 0 Å². The van der Waals surface area contributed by atoms with Gasteiger partial charge in [0.25, 0.3) is 5.91 Å². The maximum Gasteiger partial charge on any atom is 0.326 e. The Morgan fingerprint density at radius 3 is 2.85 bits per heavy atom. The van der Waals surface area contributed by atoms with Gasteiger partial charge in [-0.3, -0.25) is 9.59 Å². The van der Waals surface area contributed by atoms with Crippen molar-refractivity contribution < 1.29 is 14.7 Å². The molecule has 0 saturated carbocycles. The zero-order valence-electron chi connectivity index (χ0n) is 10.3. The maximum atomic E-state index is 11.9. The average molecular weight is 276 g/mol. The molecule has 20 heavy (non-hydrogen) atoms. The zero-order chi connectivity index (χ0) is 14.5. The fourth-order valence-corrected chi connectivity index (χ4v) is 1.65. The molecule has 2 aromatic rings. The first-order valence-corrected chi connectivity index (χ1v) is 5.76. The number of aromatic amines is 2. The summed E-state index contributed by atoms with van der Waals surface area (Å²) in [5.74, 6) is -1.93. The number of nitrogens with one attached hydrogen (secondary N) is 3. The van der Waals surface area contributed by atoms with Crippen LogP contribution in [0.4, 0.5) is 0 Å². The lowest BCUT2D eigenvalue weighted by Gasteiger charge is -2.13. The van der Waals surface area contributed by atoms with Crippen LogP contribution in [0.3, 0.4) is 0 Å². The van der Waals surface area contributed by atoms with Gasteiger partial charge in [0, 0.05) is 36.8 Å². The second kappa shape index (κ2) is 5.83. The van der Waals surface area contributed by atoms with E-state index in [0.29, 0.717) is 5.69 Å². The minimum Gasteiger partial charge on any atom is -0.480 e. The Hall–Kier alpha value is -2.90. The predicted octanol–water partition coefficient (Wildman–Crippen LogP) is -0.476. The summed E-state index contributed by atoms with van der Waals surface area (Å²) in [4.78, 5) is 43.6. The highest BCUT2D eigenvalue weighted by Gasteiger charge is 2.22. The summed E-state index contributed by atoms with van der Waals surface area (Å²) in [6.07, 6.45) is 5.55. The standard InChI is InChI=1S/C12H12N4O4/c17-10-1-2-13-5-8(10)11(18)16-9(12(19)20)3-7-4-14-6-15-7/h1-2,4-6,9H,3H2,(H,13,17)(H,14,15)(H,16,18)(H,19,20). The molecule has 1 atom stereocenters. The van der Waals surface area contributed by atoms with E-state index in [1.807, 2.05) is 0 Å². The third-order valence-electron chi connectivity index (χ3n) is 2.65. The fraction of sp³-hybridized carbons (Fsp3) is 0.167. The van der Waals surface area contributed by atoms with Crippen LogP contribution >= 0.6 is 0 Å². The molecule has 2 aromatic heterocycles. The molecule has 0 aliphatic heterocycles. The van der Waals surface area contributed by atoms with Crippen molar-refractivity contribution >= 4 is 11.9 Å². The Kier molecular flexibility index (Phi) is 3.94. The maximum absolute atomic E-state index is 11.9. The molecule has 0 aliphatic carbocycles. The number of nitrogens with zero attached hydrogens (tertiary/aromatic N) is 1. The number of carbonyl (C=O) groups is 2. The van der Waals surface area contributed by atoms with Crippen molar-refractivity contribution in [3.63, 3.8) is 0 Å². The van der Waals surface area contributed by atoms with Crippen LogP contribution in [-0.4, -0.2) is 38.0 Å². The van der Waals surface area contributed by atoms with Gasteiger partial charge in [-0.15, -0.1) is 0 Å². The summed E-state index contributed by atoms with van der Waals surface area (Å²) < 4.78 is 0. The van der Waals surface area contributed by atoms with Gasteiger partial charge in [-0.05, 0) is 0 Å². The molecule has 8 heteroatoms. The Balaban J connectivity index is 2.12. The van der Waals surface area contributed by atoms with Gasteiger partial charge in [0.05, 0.1) is 6.33 Å². The normalized spacial score (nSPS) is 11.8. The van der Waals surface area contributed by atoms with E-state index in [9.17, 15) is 14.4 Å². The molecule has 1 amide bonds. The number of imidazole rings is 1. The minimum atomic E-state index is -1.19. The molecule has 0 fully saturated rings. The number of aliphatic carboxylic acids is 1. The van der Waals surface area contributed by atoms with E-state index < -0.39 is 23.3 Å². The van der Waals surface area contributed by atoms with Crippen LogP contribution in [0.25, 0.3) is 0 Å². The molecule has 1 unspecified atom stereocenters. The van der Waals surface area contributed by atoms with Crippen LogP contribution in [0.5, 0.6) is 0 Å². The number of amides is 1. The second-order valence-corrected chi connectivity index (χ2v) is 4.07. The fourth-order valence-electron chi connectivity index (χ4n) is 1.65. The van der Waals surface area contributed by atoms with Crippen LogP contribution in [0.15, 0.2) is 35.8 Å². The van der Waals surface area contributed by atoms with Gasteiger partial charge in [-0.2, -0.15) is 0 Å². The Morgan fingerprint density at radius 1 is 1.45 bits per heavy atom. The van der Waals surface area contributed by atoms with Crippen LogP contribution in [-0.2, 0) is 11.2 Å². The van der Waals surface area contributed by atoms with E-state index in [2.05, 4.69) is 20.3 Å². The highest BCUT2D eigenvalue weighted by atomic mass is 16.4. The number of pyridine rings is 1. The molecule has 0 radical (unpaired) electrons. The van der Waals surface area contributed by atoms with E-state index in [0.717, 1.165) is 0 Å². The number of rotatable bonds is 5. The summed E-state index contributed by atoms with van der Waals surface area (Å²) in [6.45, 7) is 0. The first-order valence-electron chi connectivity index (χ1n) is 5.76. The molecule has 2 rings (SSSR count). The third-order valence-corrected chi connectivity index (χ3v) is 2.65. The van der Waals surface area contributed by atoms with Gasteiger partial charge >= 0.3 is 5.97 Å². The average Bonchev–Trinajstić information content (AvgIpc) is 2.91. The van der Waals surface area contributed by atoms with Gasteiger partial charge < -0.3 is 20.4 Å². The molecule has 104 valence electrons. The summed E-state index contributed by atoms with van der Waals surface area (Å²) in [6, 6.07) is 0.0436. The molecule has 0 saturated heterocycles. The monoisotopic (exact) mass is 276 g/mol. The number of hydrogen-bond acceptors (Lipinski definition) is 4. The van der Waals surface area contributed by atoms with E-state index >= 15 is 0 Å². The smallest absolute Gasteiger partial charge is 0.326 e. The molecule has 0 bridgehead atoms. The second-order valence-electron chi connectivity index (χ2n) is 4.07. The number of H-pyrrole nitrogens is 2. The molecule has 2 heterocycles. The van der Waals surface area contributed by atoms with Crippen molar-refractivity contribution in [2.24, 2.45) is 0 Å². The van der Waals surface area contributed by atoms with Crippen molar-refractivity contribution in [3.8, 4) is 0 Å². The molecule has 4 N–H and O–H groups in total. The van der Waals surface area contributed by atoms with Crippen LogP contribution < -0.4 is 10.7 Å². The SMILES string of the molecule is O=C(NC(Cc1cnc[nH]1)C(=O)O)c1c[nH]ccc1=O. The predicted molar refractivity (Wildman–Crippen MR) is 68.2 cm³/mol. The molecule has 0 aliphatic rings. The van der Waals surface area contributed by atoms with Gasteiger partial charge in [0.15, 0.2) is 5.43 Å². The van der Waals surface area contributed by atoms with Gasteiger partial charge in [0.1, 0.15) is 11.6 Å². The number of carbonyl (C=O) groups excluding carboxylic acids is 1. The lowest BCUT2D eigenvalue weighted by Crippen LogP contribution is -2.43. The highest BCUT2D eigenvalue weighted by molar-refractivity contribution is 5.96. The van der Waals surface area contributed by atoms with Crippen molar-refractivity contribution in [2.45, 2.75) is 12.5 Å². The Morgan fingerprint density at radius 2 is 2.25 bits per heavy atom. The first-order chi connectivity index (χ1) is 9.58. The van der Waals surface area contributed by atoms with E-state index in [1.165, 1.54) is 31.0 Å². The third kappa shape index (κ3) is 3.10. The lowest BCUT2D eigenvalue weighted by atomic mass is 10.1. The van der Waals surface area contributed by atoms with E-state index in [-0.39, 0.29) is 12.0 Å². The highest BCUT2D eigenvalue weighted by Crippen LogP contribution is 2.00. The number of carboxylic acid groups (broad SMARTS) is 1. The summed E-state index contributed by atoms with van der Waals surface area (Å²) >= 11 is 0. The van der Waals surface area contributed by atoms with Gasteiger partial charge in [-0.25, -0.2) is 9.78 Å². The van der Waals surface area contributed by atoms with Crippen LogP contribution in [0.2, 0.25) is 0 Å². The lowest BCUT2D eigenvalue weighted by molar-refractivity contribution is -0.139. The molecular formula is C12H12N4O4. The number of aromatic nitrogens is 3. The molecule has 0 spiro atoms. The number of hydrogen-bond donors (Lipinski definition) is 4.